The average molecular weight is 484 g/mol. The van der Waals surface area contributed by atoms with Crippen LogP contribution in [-0.4, -0.2) is 43.8 Å². The van der Waals surface area contributed by atoms with E-state index in [2.05, 4.69) is 0 Å². The molecule has 0 N–H and O–H groups in total. The Labute approximate surface area is 208 Å². The molecular weight excluding hydrogens is 458 g/mol. The van der Waals surface area contributed by atoms with Crippen LogP contribution in [0.25, 0.3) is 27.7 Å². The lowest BCUT2D eigenvalue weighted by Crippen LogP contribution is -2.42. The number of aromatic nitrogens is 1. The molecule has 1 aromatic heterocycles. The predicted octanol–water partition coefficient (Wildman–Crippen LogP) is 4.52. The second-order valence-corrected chi connectivity index (χ2v) is 8.84. The highest BCUT2D eigenvalue weighted by Gasteiger charge is 2.52. The van der Waals surface area contributed by atoms with Gasteiger partial charge in [-0.3, -0.25) is 9.59 Å². The van der Waals surface area contributed by atoms with E-state index >= 15 is 0 Å². The highest BCUT2D eigenvalue weighted by atomic mass is 16.5. The lowest BCUT2D eigenvalue weighted by Gasteiger charge is -2.22. The van der Waals surface area contributed by atoms with Gasteiger partial charge in [-0.15, -0.1) is 0 Å². The van der Waals surface area contributed by atoms with Crippen LogP contribution in [0.4, 0.5) is 0 Å². The van der Waals surface area contributed by atoms with Crippen molar-refractivity contribution >= 4 is 28.8 Å². The van der Waals surface area contributed by atoms with Crippen LogP contribution in [0.1, 0.15) is 21.5 Å². The van der Waals surface area contributed by atoms with Gasteiger partial charge in [-0.2, -0.15) is 0 Å². The molecule has 0 atom stereocenters. The maximum absolute atomic E-state index is 12.8. The van der Waals surface area contributed by atoms with Gasteiger partial charge < -0.3 is 18.8 Å². The summed E-state index contributed by atoms with van der Waals surface area (Å²) in [5.41, 5.74) is 4.24. The lowest BCUT2D eigenvalue weighted by molar-refractivity contribution is -0.168. The number of hydrogen-bond donors (Lipinski definition) is 0. The van der Waals surface area contributed by atoms with Crippen molar-refractivity contribution in [3.63, 3.8) is 0 Å². The van der Waals surface area contributed by atoms with E-state index in [-0.39, 0.29) is 12.8 Å². The summed E-state index contributed by atoms with van der Waals surface area (Å²) >= 11 is 0. The highest BCUT2D eigenvalue weighted by Crippen LogP contribution is 2.43. The van der Waals surface area contributed by atoms with Gasteiger partial charge in [0.15, 0.2) is 5.41 Å². The molecule has 1 aliphatic rings. The summed E-state index contributed by atoms with van der Waals surface area (Å²) in [6.45, 7) is 0. The standard InChI is InChI=1S/C29H25NO6/c1-34-26(31)23-17-30(24-12-8-7-11-21(23)24)25-14-20-16-29(27(32)35-2,28(33)36-3)15-19(20)13-22(25)18-9-5-4-6-10-18/h4-14,17H,15-16H2,1-3H3. The number of carbonyl (C=O) groups is 3. The molecule has 7 nitrogen and oxygen atoms in total. The van der Waals surface area contributed by atoms with Crippen molar-refractivity contribution in [3.05, 3.63) is 89.6 Å². The second kappa shape index (κ2) is 9.00. The van der Waals surface area contributed by atoms with Gasteiger partial charge in [-0.25, -0.2) is 4.79 Å². The molecule has 36 heavy (non-hydrogen) atoms. The quantitative estimate of drug-likeness (QED) is 0.236. The summed E-state index contributed by atoms with van der Waals surface area (Å²) in [5, 5.41) is 0.766. The summed E-state index contributed by atoms with van der Waals surface area (Å²) < 4.78 is 17.0. The first kappa shape index (κ1) is 23.4. The number of nitrogens with zero attached hydrogens (tertiary/aromatic N) is 1. The topological polar surface area (TPSA) is 83.8 Å². The minimum Gasteiger partial charge on any atom is -0.468 e. The number of rotatable bonds is 5. The molecule has 0 radical (unpaired) electrons. The van der Waals surface area contributed by atoms with Crippen LogP contribution >= 0.6 is 0 Å². The molecule has 5 rings (SSSR count). The van der Waals surface area contributed by atoms with Crippen molar-refractivity contribution in [2.24, 2.45) is 5.41 Å². The van der Waals surface area contributed by atoms with Crippen LogP contribution in [0.15, 0.2) is 72.9 Å². The predicted molar refractivity (Wildman–Crippen MR) is 134 cm³/mol. The average Bonchev–Trinajstić information content (AvgIpc) is 3.51. The van der Waals surface area contributed by atoms with Crippen LogP contribution in [0, 0.1) is 5.41 Å². The van der Waals surface area contributed by atoms with Crippen LogP contribution in [0.2, 0.25) is 0 Å². The van der Waals surface area contributed by atoms with Gasteiger partial charge in [0, 0.05) is 17.1 Å². The number of hydrogen-bond acceptors (Lipinski definition) is 6. The summed E-state index contributed by atoms with van der Waals surface area (Å²) in [6, 6.07) is 21.5. The maximum atomic E-state index is 12.8. The molecule has 0 spiro atoms. The molecule has 3 aromatic carbocycles. The Morgan fingerprint density at radius 2 is 1.39 bits per heavy atom. The Balaban J connectivity index is 1.77. The number of para-hydroxylation sites is 1. The number of ether oxygens (including phenoxy) is 3. The molecule has 0 bridgehead atoms. The normalized spacial score (nSPS) is 13.8. The Hall–Kier alpha value is -4.39. The van der Waals surface area contributed by atoms with E-state index in [0.29, 0.717) is 5.56 Å². The first-order valence-corrected chi connectivity index (χ1v) is 11.5. The number of carbonyl (C=O) groups excluding carboxylic acids is 3. The van der Waals surface area contributed by atoms with Gasteiger partial charge in [-0.05, 0) is 47.7 Å². The molecule has 0 unspecified atom stereocenters. The molecule has 7 heteroatoms. The van der Waals surface area contributed by atoms with E-state index in [9.17, 15) is 14.4 Å². The molecule has 0 amide bonds. The smallest absolute Gasteiger partial charge is 0.340 e. The maximum Gasteiger partial charge on any atom is 0.340 e. The Morgan fingerprint density at radius 3 is 2.03 bits per heavy atom. The largest absolute Gasteiger partial charge is 0.468 e. The highest BCUT2D eigenvalue weighted by molar-refractivity contribution is 6.05. The molecule has 0 fully saturated rings. The molecule has 0 saturated heterocycles. The molecular formula is C29H25NO6. The number of benzene rings is 3. The third kappa shape index (κ3) is 3.55. The Morgan fingerprint density at radius 1 is 0.778 bits per heavy atom. The van der Waals surface area contributed by atoms with Crippen molar-refractivity contribution in [2.75, 3.05) is 21.3 Å². The third-order valence-electron chi connectivity index (χ3n) is 6.92. The minimum atomic E-state index is -1.44. The monoisotopic (exact) mass is 483 g/mol. The van der Waals surface area contributed by atoms with E-state index in [1.807, 2.05) is 71.3 Å². The third-order valence-corrected chi connectivity index (χ3v) is 6.92. The van der Waals surface area contributed by atoms with Crippen LogP contribution < -0.4 is 0 Å². The first-order valence-electron chi connectivity index (χ1n) is 11.5. The Kier molecular flexibility index (Phi) is 5.84. The summed E-state index contributed by atoms with van der Waals surface area (Å²) in [6.07, 6.45) is 2.11. The fourth-order valence-electron chi connectivity index (χ4n) is 5.18. The number of fused-ring (bicyclic) bond motifs is 2. The molecule has 182 valence electrons. The minimum absolute atomic E-state index is 0.160. The zero-order valence-electron chi connectivity index (χ0n) is 20.2. The van der Waals surface area contributed by atoms with E-state index in [0.717, 1.165) is 38.8 Å². The first-order chi connectivity index (χ1) is 17.4. The zero-order valence-corrected chi connectivity index (χ0v) is 20.2. The summed E-state index contributed by atoms with van der Waals surface area (Å²) in [5.74, 6) is -1.66. The van der Waals surface area contributed by atoms with Gasteiger partial charge in [0.1, 0.15) is 0 Å². The van der Waals surface area contributed by atoms with E-state index in [1.165, 1.54) is 21.3 Å². The number of methoxy groups -OCH3 is 3. The van der Waals surface area contributed by atoms with Gasteiger partial charge >= 0.3 is 17.9 Å². The van der Waals surface area contributed by atoms with E-state index in [1.54, 1.807) is 6.20 Å². The fraction of sp³-hybridized carbons (Fsp3) is 0.207. The van der Waals surface area contributed by atoms with Crippen molar-refractivity contribution in [2.45, 2.75) is 12.8 Å². The van der Waals surface area contributed by atoms with Gasteiger partial charge in [-0.1, -0.05) is 48.5 Å². The van der Waals surface area contributed by atoms with Crippen molar-refractivity contribution in [3.8, 4) is 16.8 Å². The summed E-state index contributed by atoms with van der Waals surface area (Å²) in [4.78, 5) is 38.2. The van der Waals surface area contributed by atoms with Crippen LogP contribution in [0.5, 0.6) is 0 Å². The van der Waals surface area contributed by atoms with E-state index in [4.69, 9.17) is 14.2 Å². The molecule has 1 heterocycles. The van der Waals surface area contributed by atoms with Crippen LogP contribution in [-0.2, 0) is 36.6 Å². The lowest BCUT2D eigenvalue weighted by atomic mass is 9.85. The number of esters is 3. The van der Waals surface area contributed by atoms with Crippen molar-refractivity contribution < 1.29 is 28.6 Å². The van der Waals surface area contributed by atoms with Gasteiger partial charge in [0.25, 0.3) is 0 Å². The van der Waals surface area contributed by atoms with Crippen LogP contribution in [0.3, 0.4) is 0 Å². The van der Waals surface area contributed by atoms with E-state index < -0.39 is 23.3 Å². The van der Waals surface area contributed by atoms with Gasteiger partial charge in [0.05, 0.1) is 38.1 Å². The molecule has 4 aromatic rings. The molecule has 0 aliphatic heterocycles. The SMILES string of the molecule is COC(=O)c1cn(-c2cc3c(cc2-c2ccccc2)CC(C(=O)OC)(C(=O)OC)C3)c2ccccc12. The fourth-order valence-corrected chi connectivity index (χ4v) is 5.18. The van der Waals surface area contributed by atoms with Crippen molar-refractivity contribution in [1.29, 1.82) is 0 Å². The zero-order chi connectivity index (χ0) is 25.4. The molecule has 1 aliphatic carbocycles. The van der Waals surface area contributed by atoms with Gasteiger partial charge in [0.2, 0.25) is 0 Å². The summed E-state index contributed by atoms with van der Waals surface area (Å²) in [7, 11) is 3.91. The molecule has 0 saturated carbocycles. The second-order valence-electron chi connectivity index (χ2n) is 8.84. The van der Waals surface area contributed by atoms with Crippen molar-refractivity contribution in [1.82, 2.24) is 4.57 Å². The Bertz CT molecular complexity index is 1490.